The zero-order chi connectivity index (χ0) is 47.6. The summed E-state index contributed by atoms with van der Waals surface area (Å²) in [6.07, 6.45) is 4.77. The molecule has 0 fully saturated rings. The van der Waals surface area contributed by atoms with Crippen LogP contribution in [0, 0.1) is 0 Å². The molecular formula is C62H81BN2. The van der Waals surface area contributed by atoms with Crippen LogP contribution in [0.2, 0.25) is 0 Å². The van der Waals surface area contributed by atoms with Gasteiger partial charge in [-0.2, -0.15) is 0 Å². The van der Waals surface area contributed by atoms with Crippen LogP contribution in [0.5, 0.6) is 0 Å². The average Bonchev–Trinajstić information content (AvgIpc) is 3.19. The van der Waals surface area contributed by atoms with Crippen LogP contribution >= 0.6 is 0 Å². The Balaban J connectivity index is 1.46. The summed E-state index contributed by atoms with van der Waals surface area (Å²) in [7, 11) is 0. The highest BCUT2D eigenvalue weighted by Gasteiger charge is 2.48. The largest absolute Gasteiger partial charge is 0.311 e. The van der Waals surface area contributed by atoms with Crippen molar-refractivity contribution in [2.75, 3.05) is 9.80 Å². The van der Waals surface area contributed by atoms with E-state index in [4.69, 9.17) is 0 Å². The molecule has 2 aliphatic carbocycles. The van der Waals surface area contributed by atoms with E-state index >= 15 is 0 Å². The van der Waals surface area contributed by atoms with E-state index in [0.717, 1.165) is 0 Å². The van der Waals surface area contributed by atoms with Crippen LogP contribution in [-0.4, -0.2) is 6.71 Å². The van der Waals surface area contributed by atoms with Gasteiger partial charge in [0.05, 0.1) is 0 Å². The Bertz CT molecular complexity index is 2730. The Morgan fingerprint density at radius 1 is 0.354 bits per heavy atom. The van der Waals surface area contributed by atoms with Crippen molar-refractivity contribution in [2.45, 2.75) is 207 Å². The number of rotatable bonds is 2. The molecule has 0 amide bonds. The molecule has 0 saturated heterocycles. The van der Waals surface area contributed by atoms with Crippen LogP contribution in [-0.2, 0) is 43.3 Å². The van der Waals surface area contributed by atoms with Gasteiger partial charge < -0.3 is 9.80 Å². The van der Waals surface area contributed by atoms with Crippen LogP contribution in [0.1, 0.15) is 209 Å². The standard InChI is InChI=1S/C62H81BN2/c1-55(2,3)38-21-24-48-50(32-38)65(43-30-39(56(4,5)6)29-40(31-43)57(7,8)9)53-34-41(58(10,11)12)33-52-54(53)63(48)49-36-46-47(62(19,20)28-27-61(46,17)18)37-51(49)64(52)42-22-23-44-45(35-42)60(15,16)26-25-59(44,13)14/h21-24,29-37H,25-28H2,1-20H3. The Labute approximate surface area is 396 Å². The quantitative estimate of drug-likeness (QED) is 0.160. The third-order valence-corrected chi connectivity index (χ3v) is 16.8. The number of nitrogens with zero attached hydrogens (tertiary/aromatic N) is 2. The minimum Gasteiger partial charge on any atom is -0.311 e. The summed E-state index contributed by atoms with van der Waals surface area (Å²) >= 11 is 0. The summed E-state index contributed by atoms with van der Waals surface area (Å²) in [6.45, 7) is 48.5. The van der Waals surface area contributed by atoms with Gasteiger partial charge in [0.1, 0.15) is 0 Å². The molecule has 5 aromatic rings. The van der Waals surface area contributed by atoms with E-state index in [0.29, 0.717) is 0 Å². The second-order valence-electron chi connectivity index (χ2n) is 27.8. The highest BCUT2D eigenvalue weighted by Crippen LogP contribution is 2.53. The highest BCUT2D eigenvalue weighted by atomic mass is 15.2. The molecule has 2 heterocycles. The van der Waals surface area contributed by atoms with Gasteiger partial charge in [-0.1, -0.05) is 169 Å². The van der Waals surface area contributed by atoms with E-state index in [9.17, 15) is 0 Å². The maximum atomic E-state index is 2.73. The summed E-state index contributed by atoms with van der Waals surface area (Å²) in [5, 5.41) is 0. The second kappa shape index (κ2) is 14.2. The Kier molecular flexibility index (Phi) is 9.99. The molecule has 5 aromatic carbocycles. The highest BCUT2D eigenvalue weighted by molar-refractivity contribution is 7.00. The second-order valence-corrected chi connectivity index (χ2v) is 27.8. The van der Waals surface area contributed by atoms with Crippen LogP contribution in [0.25, 0.3) is 0 Å². The Morgan fingerprint density at radius 3 is 1.25 bits per heavy atom. The fourth-order valence-corrected chi connectivity index (χ4v) is 11.8. The van der Waals surface area contributed by atoms with Crippen LogP contribution in [0.3, 0.4) is 0 Å². The van der Waals surface area contributed by atoms with Gasteiger partial charge in [0.25, 0.3) is 6.71 Å². The lowest BCUT2D eigenvalue weighted by Gasteiger charge is -2.48. The van der Waals surface area contributed by atoms with Crippen LogP contribution < -0.4 is 26.2 Å². The van der Waals surface area contributed by atoms with E-state index in [1.54, 1.807) is 0 Å². The first-order chi connectivity index (χ1) is 29.7. The van der Waals surface area contributed by atoms with Crippen molar-refractivity contribution in [2.24, 2.45) is 0 Å². The third-order valence-electron chi connectivity index (χ3n) is 16.8. The number of benzene rings is 5. The molecule has 2 nitrogen and oxygen atoms in total. The fraction of sp³-hybridized carbons (Fsp3) is 0.516. The molecule has 4 aliphatic rings. The van der Waals surface area contributed by atoms with Gasteiger partial charge in [-0.05, 0) is 178 Å². The molecule has 0 aromatic heterocycles. The summed E-state index contributed by atoms with van der Waals surface area (Å²) in [4.78, 5) is 5.43. The van der Waals surface area contributed by atoms with E-state index in [1.807, 2.05) is 0 Å². The maximum Gasteiger partial charge on any atom is 0.252 e. The first-order valence-electron chi connectivity index (χ1n) is 25.1. The van der Waals surface area contributed by atoms with E-state index < -0.39 is 0 Å². The van der Waals surface area contributed by atoms with Crippen molar-refractivity contribution >= 4 is 57.2 Å². The molecule has 0 atom stereocenters. The zero-order valence-corrected chi connectivity index (χ0v) is 44.3. The van der Waals surface area contributed by atoms with E-state index in [-0.39, 0.29) is 50.0 Å². The molecule has 0 saturated carbocycles. The lowest BCUT2D eigenvalue weighted by molar-refractivity contribution is 0.332. The molecule has 65 heavy (non-hydrogen) atoms. The van der Waals surface area contributed by atoms with Gasteiger partial charge in [0.15, 0.2) is 0 Å². The van der Waals surface area contributed by atoms with Crippen LogP contribution in [0.15, 0.2) is 78.9 Å². The molecular weight excluding hydrogens is 784 g/mol. The topological polar surface area (TPSA) is 6.48 Å². The molecule has 9 rings (SSSR count). The molecule has 2 aliphatic heterocycles. The molecule has 342 valence electrons. The monoisotopic (exact) mass is 865 g/mol. The predicted octanol–water partition coefficient (Wildman–Crippen LogP) is 15.7. The first-order valence-corrected chi connectivity index (χ1v) is 25.1. The number of anilines is 6. The Hall–Kier alpha value is -4.24. The SMILES string of the molecule is CC(C)(C)c1cc(N2c3cc(C(C)(C)C)ccc3B3c4cc5c(cc4N(c4ccc6c(c4)C(C)(C)CCC6(C)C)c4cc(C(C)(C)C)cc2c43)C(C)(C)CCC5(C)C)cc(C(C)(C)C)c1. The Morgan fingerprint density at radius 2 is 0.754 bits per heavy atom. The van der Waals surface area contributed by atoms with Crippen molar-refractivity contribution in [3.8, 4) is 0 Å². The summed E-state index contributed by atoms with van der Waals surface area (Å²) in [5.74, 6) is 0. The van der Waals surface area contributed by atoms with Gasteiger partial charge in [-0.25, -0.2) is 0 Å². The van der Waals surface area contributed by atoms with Crippen molar-refractivity contribution in [1.29, 1.82) is 0 Å². The van der Waals surface area contributed by atoms with Crippen molar-refractivity contribution in [3.05, 3.63) is 123 Å². The number of fused-ring (bicyclic) bond motifs is 6. The van der Waals surface area contributed by atoms with Gasteiger partial charge in [-0.15, -0.1) is 0 Å². The molecule has 0 N–H and O–H groups in total. The van der Waals surface area contributed by atoms with Crippen molar-refractivity contribution in [3.63, 3.8) is 0 Å². The summed E-state index contributed by atoms with van der Waals surface area (Å²) in [6, 6.07) is 33.2. The third kappa shape index (κ3) is 7.44. The minimum absolute atomic E-state index is 0.0199. The molecule has 0 unspecified atom stereocenters. The van der Waals surface area contributed by atoms with E-state index in [2.05, 4.69) is 227 Å². The fourth-order valence-electron chi connectivity index (χ4n) is 11.8. The van der Waals surface area contributed by atoms with Gasteiger partial charge in [0, 0.05) is 34.1 Å². The maximum absolute atomic E-state index is 2.73. The van der Waals surface area contributed by atoms with Gasteiger partial charge in [-0.3, -0.25) is 0 Å². The zero-order valence-electron chi connectivity index (χ0n) is 44.3. The minimum atomic E-state index is -0.0975. The van der Waals surface area contributed by atoms with Crippen molar-refractivity contribution in [1.82, 2.24) is 0 Å². The summed E-state index contributed by atoms with van der Waals surface area (Å²) < 4.78 is 0. The van der Waals surface area contributed by atoms with Gasteiger partial charge in [0.2, 0.25) is 0 Å². The van der Waals surface area contributed by atoms with Crippen molar-refractivity contribution < 1.29 is 0 Å². The molecule has 0 bridgehead atoms. The summed E-state index contributed by atoms with van der Waals surface area (Å²) in [5.41, 5.74) is 23.8. The predicted molar refractivity (Wildman–Crippen MR) is 286 cm³/mol. The normalized spacial score (nSPS) is 19.2. The van der Waals surface area contributed by atoms with Crippen LogP contribution in [0.4, 0.5) is 34.1 Å². The lowest BCUT2D eigenvalue weighted by atomic mass is 9.33. The molecule has 3 heteroatoms. The van der Waals surface area contributed by atoms with Gasteiger partial charge >= 0.3 is 0 Å². The molecule has 0 radical (unpaired) electrons. The first kappa shape index (κ1) is 45.9. The average molecular weight is 865 g/mol. The number of hydrogen-bond acceptors (Lipinski definition) is 2. The lowest BCUT2D eigenvalue weighted by Crippen LogP contribution is -2.62. The molecule has 0 spiro atoms. The number of hydrogen-bond donors (Lipinski definition) is 0. The van der Waals surface area contributed by atoms with E-state index in [1.165, 1.54) is 121 Å². The smallest absolute Gasteiger partial charge is 0.252 e.